The molecular weight excluding hydrogens is 209 g/mol. The van der Waals surface area contributed by atoms with E-state index >= 15 is 0 Å². The van der Waals surface area contributed by atoms with E-state index in [2.05, 4.69) is 9.24 Å². The minimum absolute atomic E-state index is 0. The van der Waals surface area contributed by atoms with Gasteiger partial charge in [0.05, 0.1) is 10.0 Å². The smallest absolute Gasteiger partial charge is 0.0663 e. The van der Waals surface area contributed by atoms with Gasteiger partial charge >= 0.3 is 0 Å². The summed E-state index contributed by atoms with van der Waals surface area (Å²) in [5.74, 6) is 0. The van der Waals surface area contributed by atoms with Gasteiger partial charge in [0.15, 0.2) is 0 Å². The van der Waals surface area contributed by atoms with Crippen molar-refractivity contribution in [2.24, 2.45) is 0 Å². The van der Waals surface area contributed by atoms with Crippen LogP contribution in [0, 0.1) is 0 Å². The van der Waals surface area contributed by atoms with Crippen molar-refractivity contribution >= 4 is 50.2 Å². The number of benzene rings is 1. The molecule has 0 spiro atoms. The molecule has 10 heavy (non-hydrogen) atoms. The molecule has 0 aliphatic rings. The third-order valence-electron chi connectivity index (χ3n) is 0.981. The van der Waals surface area contributed by atoms with E-state index in [4.69, 9.17) is 23.2 Å². The number of rotatable bonds is 0. The van der Waals surface area contributed by atoms with E-state index < -0.39 is 0 Å². The molecule has 0 nitrogen and oxygen atoms in total. The summed E-state index contributed by atoms with van der Waals surface area (Å²) < 4.78 is 0. The lowest BCUT2D eigenvalue weighted by Gasteiger charge is -1.96. The standard InChI is InChI=1S/C6H5Cl2P.ClH/c7-4-2-1-3-5(9)6(4)8;/h1-3H,9H2;1H. The fourth-order valence-electron chi connectivity index (χ4n) is 0.520. The first-order valence-corrected chi connectivity index (χ1v) is 3.74. The molecule has 0 aromatic heterocycles. The summed E-state index contributed by atoms with van der Waals surface area (Å²) in [6.45, 7) is 0. The van der Waals surface area contributed by atoms with Crippen LogP contribution in [0.1, 0.15) is 0 Å². The van der Waals surface area contributed by atoms with E-state index in [9.17, 15) is 0 Å². The molecule has 0 heterocycles. The summed E-state index contributed by atoms with van der Waals surface area (Å²) in [6.07, 6.45) is 0. The second-order valence-corrected chi connectivity index (χ2v) is 3.05. The molecule has 0 radical (unpaired) electrons. The monoisotopic (exact) mass is 214 g/mol. The van der Waals surface area contributed by atoms with Gasteiger partial charge in [-0.1, -0.05) is 35.3 Å². The van der Waals surface area contributed by atoms with E-state index in [1.165, 1.54) is 0 Å². The first-order chi connectivity index (χ1) is 4.22. The van der Waals surface area contributed by atoms with Gasteiger partial charge in [-0.15, -0.1) is 21.6 Å². The van der Waals surface area contributed by atoms with Crippen molar-refractivity contribution < 1.29 is 0 Å². The number of halogens is 3. The molecule has 0 saturated heterocycles. The zero-order valence-corrected chi connectivity index (χ0v) is 8.46. The van der Waals surface area contributed by atoms with E-state index in [1.807, 2.05) is 12.1 Å². The van der Waals surface area contributed by atoms with E-state index in [1.54, 1.807) is 6.07 Å². The van der Waals surface area contributed by atoms with Gasteiger partial charge in [0.1, 0.15) is 0 Å². The van der Waals surface area contributed by atoms with Crippen LogP contribution in [0.5, 0.6) is 0 Å². The van der Waals surface area contributed by atoms with Crippen molar-refractivity contribution in [1.29, 1.82) is 0 Å². The molecule has 1 aromatic carbocycles. The Morgan fingerprint density at radius 1 is 1.20 bits per heavy atom. The number of hydrogen-bond donors (Lipinski definition) is 0. The maximum Gasteiger partial charge on any atom is 0.0663 e. The fraction of sp³-hybridized carbons (Fsp3) is 0. The Bertz CT molecular complexity index is 204. The first kappa shape index (κ1) is 10.5. The zero-order valence-electron chi connectivity index (χ0n) is 4.97. The maximum absolute atomic E-state index is 5.72. The van der Waals surface area contributed by atoms with Crippen LogP contribution in [-0.4, -0.2) is 0 Å². The lowest BCUT2D eigenvalue weighted by molar-refractivity contribution is 1.77. The van der Waals surface area contributed by atoms with Crippen molar-refractivity contribution in [3.8, 4) is 0 Å². The van der Waals surface area contributed by atoms with Crippen LogP contribution in [0.2, 0.25) is 10.0 Å². The lowest BCUT2D eigenvalue weighted by Crippen LogP contribution is -1.90. The molecule has 0 fully saturated rings. The van der Waals surface area contributed by atoms with E-state index in [0.717, 1.165) is 5.30 Å². The highest BCUT2D eigenvalue weighted by atomic mass is 35.5. The van der Waals surface area contributed by atoms with Crippen molar-refractivity contribution in [2.75, 3.05) is 0 Å². The van der Waals surface area contributed by atoms with Gasteiger partial charge in [-0.3, -0.25) is 0 Å². The molecule has 1 aromatic rings. The van der Waals surface area contributed by atoms with Crippen LogP contribution in [-0.2, 0) is 0 Å². The van der Waals surface area contributed by atoms with E-state index in [-0.39, 0.29) is 12.4 Å². The summed E-state index contributed by atoms with van der Waals surface area (Å²) in [5, 5.41) is 2.15. The van der Waals surface area contributed by atoms with Gasteiger partial charge in [-0.2, -0.15) is 0 Å². The minimum atomic E-state index is 0. The number of hydrogen-bond acceptors (Lipinski definition) is 0. The molecule has 0 aliphatic heterocycles. The lowest BCUT2D eigenvalue weighted by atomic mass is 10.4. The summed E-state index contributed by atoms with van der Waals surface area (Å²) in [4.78, 5) is 0. The van der Waals surface area contributed by atoms with Crippen LogP contribution in [0.3, 0.4) is 0 Å². The third kappa shape index (κ3) is 2.29. The Hall–Kier alpha value is 0.520. The molecular formula is C6H6Cl3P. The quantitative estimate of drug-likeness (QED) is 0.584. The average Bonchev–Trinajstić information content (AvgIpc) is 1.83. The van der Waals surface area contributed by atoms with Crippen LogP contribution in [0.4, 0.5) is 0 Å². The van der Waals surface area contributed by atoms with Gasteiger partial charge in [-0.05, 0) is 11.4 Å². The molecule has 1 rings (SSSR count). The van der Waals surface area contributed by atoms with E-state index in [0.29, 0.717) is 10.0 Å². The van der Waals surface area contributed by atoms with Crippen molar-refractivity contribution in [2.45, 2.75) is 0 Å². The van der Waals surface area contributed by atoms with Gasteiger partial charge in [0.25, 0.3) is 0 Å². The van der Waals surface area contributed by atoms with Gasteiger partial charge in [-0.25, -0.2) is 0 Å². The molecule has 4 heteroatoms. The highest BCUT2D eigenvalue weighted by molar-refractivity contribution is 7.28. The van der Waals surface area contributed by atoms with Crippen LogP contribution in [0.15, 0.2) is 18.2 Å². The van der Waals surface area contributed by atoms with Gasteiger partial charge < -0.3 is 0 Å². The normalized spacial score (nSPS) is 8.70. The molecule has 0 amide bonds. The zero-order chi connectivity index (χ0) is 6.85. The first-order valence-electron chi connectivity index (χ1n) is 2.41. The molecule has 56 valence electrons. The molecule has 0 bridgehead atoms. The van der Waals surface area contributed by atoms with Crippen LogP contribution < -0.4 is 5.30 Å². The topological polar surface area (TPSA) is 0 Å². The summed E-state index contributed by atoms with van der Waals surface area (Å²) in [6, 6.07) is 5.51. The Morgan fingerprint density at radius 3 is 2.20 bits per heavy atom. The van der Waals surface area contributed by atoms with Crippen molar-refractivity contribution in [1.82, 2.24) is 0 Å². The molecule has 0 N–H and O–H groups in total. The Morgan fingerprint density at radius 2 is 1.80 bits per heavy atom. The Kier molecular flexibility index (Phi) is 4.64. The highest BCUT2D eigenvalue weighted by Crippen LogP contribution is 2.19. The molecule has 0 aliphatic carbocycles. The van der Waals surface area contributed by atoms with Gasteiger partial charge in [0, 0.05) is 0 Å². The molecule has 0 saturated carbocycles. The largest absolute Gasteiger partial charge is 0.147 e. The molecule has 1 atom stereocenters. The van der Waals surface area contributed by atoms with Gasteiger partial charge in [0.2, 0.25) is 0 Å². The highest BCUT2D eigenvalue weighted by Gasteiger charge is 1.96. The molecule has 1 unspecified atom stereocenters. The summed E-state index contributed by atoms with van der Waals surface area (Å²) in [5.41, 5.74) is 0. The minimum Gasteiger partial charge on any atom is -0.147 e. The van der Waals surface area contributed by atoms with Crippen molar-refractivity contribution in [3.63, 3.8) is 0 Å². The Labute approximate surface area is 78.5 Å². The van der Waals surface area contributed by atoms with Crippen molar-refractivity contribution in [3.05, 3.63) is 28.2 Å². The maximum atomic E-state index is 5.72. The fourth-order valence-corrected chi connectivity index (χ4v) is 1.19. The predicted molar refractivity (Wildman–Crippen MR) is 53.1 cm³/mol. The summed E-state index contributed by atoms with van der Waals surface area (Å²) >= 11 is 11.4. The van der Waals surface area contributed by atoms with Crippen LogP contribution in [0.25, 0.3) is 0 Å². The average molecular weight is 215 g/mol. The SMILES string of the molecule is Cl.Pc1cccc(Cl)c1Cl. The third-order valence-corrected chi connectivity index (χ3v) is 2.48. The summed E-state index contributed by atoms with van der Waals surface area (Å²) in [7, 11) is 2.50. The predicted octanol–water partition coefficient (Wildman–Crippen LogP) is 2.92. The Balaban J connectivity index is 0.000000810. The second kappa shape index (κ2) is 4.41. The second-order valence-electron chi connectivity index (χ2n) is 1.64. The van der Waals surface area contributed by atoms with Crippen LogP contribution >= 0.6 is 44.8 Å².